The van der Waals surface area contributed by atoms with E-state index in [1.165, 1.54) is 11.3 Å². The molecule has 3 saturated heterocycles. The van der Waals surface area contributed by atoms with Crippen molar-refractivity contribution in [2.45, 2.75) is 68.7 Å². The molecule has 1 aliphatic carbocycles. The predicted molar refractivity (Wildman–Crippen MR) is 95.5 cm³/mol. The van der Waals surface area contributed by atoms with Gasteiger partial charge in [0.2, 0.25) is 17.7 Å². The van der Waals surface area contributed by atoms with Gasteiger partial charge in [-0.15, -0.1) is 0 Å². The minimum Gasteiger partial charge on any atom is -0.395 e. The normalized spacial score (nSPS) is 38.1. The van der Waals surface area contributed by atoms with Gasteiger partial charge in [0.25, 0.3) is 0 Å². The molecule has 2 bridgehead atoms. The number of amides is 3. The maximum Gasteiger partial charge on any atom is 0.246 e. The van der Waals surface area contributed by atoms with Crippen molar-refractivity contribution < 1.29 is 24.2 Å². The van der Waals surface area contributed by atoms with E-state index in [9.17, 15) is 19.5 Å². The maximum atomic E-state index is 13.2. The molecular weight excluding hydrogens is 350 g/mol. The molecule has 3 heterocycles. The Balaban J connectivity index is 1.63. The number of β-amino-alcohol motifs (C(OH)–C–C–N with tert-alkyl or cyclic N) is 1. The number of aliphatic hydroxyl groups is 1. The van der Waals surface area contributed by atoms with Crippen molar-refractivity contribution in [1.29, 1.82) is 0 Å². The van der Waals surface area contributed by atoms with Gasteiger partial charge in [0.15, 0.2) is 0 Å². The third-order valence-corrected chi connectivity index (χ3v) is 6.89. The fourth-order valence-electron chi connectivity index (χ4n) is 5.80. The summed E-state index contributed by atoms with van der Waals surface area (Å²) in [6.07, 6.45) is 6.23. The molecular formula is C19H29N3O5. The highest BCUT2D eigenvalue weighted by atomic mass is 16.5. The first-order valence-corrected chi connectivity index (χ1v) is 10.1. The van der Waals surface area contributed by atoms with Crippen LogP contribution >= 0.6 is 0 Å². The summed E-state index contributed by atoms with van der Waals surface area (Å²) in [5, 5.41) is 15.2. The predicted octanol–water partition coefficient (Wildman–Crippen LogP) is -0.452. The number of ether oxygens (including phenoxy) is 1. The van der Waals surface area contributed by atoms with Gasteiger partial charge in [-0.1, -0.05) is 19.3 Å². The van der Waals surface area contributed by atoms with Crippen molar-refractivity contribution in [2.75, 3.05) is 20.2 Å². The Morgan fingerprint density at radius 2 is 1.96 bits per heavy atom. The largest absolute Gasteiger partial charge is 0.395 e. The first kappa shape index (κ1) is 18.7. The second-order valence-electron chi connectivity index (χ2n) is 8.27. The van der Waals surface area contributed by atoms with Crippen LogP contribution in [0.2, 0.25) is 0 Å². The highest BCUT2D eigenvalue weighted by Gasteiger charge is 2.74. The molecule has 4 aliphatic rings. The molecule has 0 aromatic rings. The van der Waals surface area contributed by atoms with Crippen LogP contribution in [0.5, 0.6) is 0 Å². The molecule has 1 spiro atoms. The van der Waals surface area contributed by atoms with Crippen molar-refractivity contribution in [1.82, 2.24) is 15.5 Å². The van der Waals surface area contributed by atoms with Crippen molar-refractivity contribution in [3.05, 3.63) is 0 Å². The lowest BCUT2D eigenvalue weighted by Gasteiger charge is -2.35. The number of nitrogens with zero attached hydrogens (tertiary/aromatic N) is 1. The number of likely N-dealkylation sites (tertiary alicyclic amines) is 1. The number of hydrogen-bond acceptors (Lipinski definition) is 5. The van der Waals surface area contributed by atoms with E-state index in [-0.39, 0.29) is 43.0 Å². The van der Waals surface area contributed by atoms with Gasteiger partial charge in [-0.2, -0.15) is 0 Å². The van der Waals surface area contributed by atoms with E-state index < -0.39 is 23.5 Å². The van der Waals surface area contributed by atoms with Crippen LogP contribution in [0, 0.1) is 11.8 Å². The molecule has 2 unspecified atom stereocenters. The van der Waals surface area contributed by atoms with Gasteiger partial charge in [0.1, 0.15) is 11.6 Å². The van der Waals surface area contributed by atoms with E-state index in [1.807, 2.05) is 0 Å². The average molecular weight is 379 g/mol. The minimum absolute atomic E-state index is 0.0777. The number of rotatable bonds is 5. The van der Waals surface area contributed by atoms with Crippen LogP contribution in [0.1, 0.15) is 44.9 Å². The lowest BCUT2D eigenvalue weighted by molar-refractivity contribution is -0.142. The zero-order chi connectivity index (χ0) is 19.2. The average Bonchev–Trinajstić information content (AvgIpc) is 3.30. The van der Waals surface area contributed by atoms with E-state index in [2.05, 4.69) is 10.6 Å². The van der Waals surface area contributed by atoms with Crippen LogP contribution in [-0.2, 0) is 19.1 Å². The Hall–Kier alpha value is -1.67. The second kappa shape index (κ2) is 7.05. The Morgan fingerprint density at radius 3 is 2.63 bits per heavy atom. The molecule has 3 amide bonds. The number of carbonyl (C=O) groups is 3. The van der Waals surface area contributed by atoms with Crippen LogP contribution in [0.15, 0.2) is 0 Å². The molecule has 0 radical (unpaired) electrons. The molecule has 1 saturated carbocycles. The third-order valence-electron chi connectivity index (χ3n) is 6.89. The van der Waals surface area contributed by atoms with Gasteiger partial charge in [-0.05, 0) is 25.7 Å². The highest BCUT2D eigenvalue weighted by Crippen LogP contribution is 2.58. The number of nitrogens with one attached hydrogen (secondary N) is 2. The van der Waals surface area contributed by atoms with Gasteiger partial charge in [-0.25, -0.2) is 0 Å². The lowest BCUT2D eigenvalue weighted by atomic mass is 9.70. The second-order valence-corrected chi connectivity index (χ2v) is 8.27. The van der Waals surface area contributed by atoms with E-state index in [1.54, 1.807) is 7.05 Å². The molecule has 150 valence electrons. The Bertz CT molecular complexity index is 635. The van der Waals surface area contributed by atoms with E-state index in [0.29, 0.717) is 12.8 Å². The molecule has 0 aromatic heterocycles. The van der Waals surface area contributed by atoms with Crippen LogP contribution in [-0.4, -0.2) is 71.7 Å². The lowest BCUT2D eigenvalue weighted by Crippen LogP contribution is -2.57. The summed E-state index contributed by atoms with van der Waals surface area (Å²) in [5.74, 6) is -1.87. The van der Waals surface area contributed by atoms with Crippen molar-refractivity contribution in [2.24, 2.45) is 11.8 Å². The third kappa shape index (κ3) is 2.76. The molecule has 0 aromatic carbocycles. The van der Waals surface area contributed by atoms with Crippen molar-refractivity contribution in [3.63, 3.8) is 0 Å². The van der Waals surface area contributed by atoms with E-state index >= 15 is 0 Å². The SMILES string of the molecule is CNC(=O)[C@@H]1[C@H]2C(=O)N(CCO)C(C(=O)NC3CCCCC3)C23CC[C@H]1O3. The molecule has 27 heavy (non-hydrogen) atoms. The van der Waals surface area contributed by atoms with Crippen LogP contribution < -0.4 is 10.6 Å². The standard InChI is InChI=1S/C19H29N3O5/c1-20-16(24)13-12-7-8-19(27-12)14(13)18(26)22(9-10-23)15(19)17(25)21-11-5-3-2-4-6-11/h11-15,23H,2-10H2,1H3,(H,20,24)(H,21,25)/t12-,13+,14+,15?,19?/m1/s1. The van der Waals surface area contributed by atoms with Crippen LogP contribution in [0.25, 0.3) is 0 Å². The fraction of sp³-hybridized carbons (Fsp3) is 0.842. The maximum absolute atomic E-state index is 13.2. The molecule has 5 atom stereocenters. The van der Waals surface area contributed by atoms with Crippen LogP contribution in [0.3, 0.4) is 0 Å². The first-order valence-electron chi connectivity index (χ1n) is 10.1. The Morgan fingerprint density at radius 1 is 1.22 bits per heavy atom. The molecule has 4 fully saturated rings. The minimum atomic E-state index is -0.952. The zero-order valence-electron chi connectivity index (χ0n) is 15.8. The van der Waals surface area contributed by atoms with Gasteiger partial charge in [-0.3, -0.25) is 14.4 Å². The smallest absolute Gasteiger partial charge is 0.246 e. The summed E-state index contributed by atoms with van der Waals surface area (Å²) in [7, 11) is 1.55. The number of fused-ring (bicyclic) bond motifs is 1. The van der Waals surface area contributed by atoms with E-state index in [4.69, 9.17) is 4.74 Å². The summed E-state index contributed by atoms with van der Waals surface area (Å²) < 4.78 is 6.22. The summed E-state index contributed by atoms with van der Waals surface area (Å²) in [6.45, 7) is -0.149. The first-order chi connectivity index (χ1) is 13.0. The summed E-state index contributed by atoms with van der Waals surface area (Å²) in [4.78, 5) is 40.3. The summed E-state index contributed by atoms with van der Waals surface area (Å²) in [6, 6.07) is -0.648. The van der Waals surface area contributed by atoms with Gasteiger partial charge in [0.05, 0.1) is 24.5 Å². The fourth-order valence-corrected chi connectivity index (χ4v) is 5.80. The van der Waals surface area contributed by atoms with Crippen LogP contribution in [0.4, 0.5) is 0 Å². The summed E-state index contributed by atoms with van der Waals surface area (Å²) in [5.41, 5.74) is -0.952. The molecule has 3 N–H and O–H groups in total. The zero-order valence-corrected chi connectivity index (χ0v) is 15.8. The quantitative estimate of drug-likeness (QED) is 0.600. The molecule has 8 heteroatoms. The highest BCUT2D eigenvalue weighted by molar-refractivity contribution is 5.98. The Kier molecular flexibility index (Phi) is 4.88. The summed E-state index contributed by atoms with van der Waals surface area (Å²) >= 11 is 0. The monoisotopic (exact) mass is 379 g/mol. The topological polar surface area (TPSA) is 108 Å². The number of carbonyl (C=O) groups excluding carboxylic acids is 3. The van der Waals surface area contributed by atoms with Gasteiger partial charge < -0.3 is 25.4 Å². The van der Waals surface area contributed by atoms with Gasteiger partial charge >= 0.3 is 0 Å². The molecule has 8 nitrogen and oxygen atoms in total. The number of aliphatic hydroxyl groups excluding tert-OH is 1. The van der Waals surface area contributed by atoms with Crippen molar-refractivity contribution in [3.8, 4) is 0 Å². The molecule has 4 rings (SSSR count). The van der Waals surface area contributed by atoms with Gasteiger partial charge in [0, 0.05) is 19.6 Å². The van der Waals surface area contributed by atoms with E-state index in [0.717, 1.165) is 25.7 Å². The molecule has 3 aliphatic heterocycles. The Labute approximate surface area is 159 Å². The number of hydrogen-bond donors (Lipinski definition) is 3. The van der Waals surface area contributed by atoms with Crippen molar-refractivity contribution >= 4 is 17.7 Å².